The highest BCUT2D eigenvalue weighted by molar-refractivity contribution is 7.71. The fraction of sp³-hybridized carbons (Fsp3) is 0.556. The molecule has 1 aliphatic carbocycles. The second-order valence-corrected chi connectivity index (χ2v) is 3.86. The molecular weight excluding hydrogens is 198 g/mol. The molecule has 14 heavy (non-hydrogen) atoms. The summed E-state index contributed by atoms with van der Waals surface area (Å²) in [6.07, 6.45) is 1.88. The summed E-state index contributed by atoms with van der Waals surface area (Å²) in [6, 6.07) is 0. The van der Waals surface area contributed by atoms with E-state index in [4.69, 9.17) is 18.0 Å². The number of aromatic amines is 1. The van der Waals surface area contributed by atoms with Gasteiger partial charge in [0.2, 0.25) is 0 Å². The average molecular weight is 211 g/mol. The molecule has 1 heterocycles. The first-order valence-electron chi connectivity index (χ1n) is 4.72. The lowest BCUT2D eigenvalue weighted by Gasteiger charge is -2.09. The van der Waals surface area contributed by atoms with Crippen molar-refractivity contribution in [3.05, 3.63) is 21.7 Å². The maximum Gasteiger partial charge on any atom is 0.197 e. The van der Waals surface area contributed by atoms with E-state index in [2.05, 4.69) is 9.97 Å². The highest BCUT2D eigenvalue weighted by atomic mass is 32.1. The number of fused-ring (bicyclic) bond motifs is 1. The Hall–Kier alpha value is -0.780. The zero-order chi connectivity index (χ0) is 10.1. The quantitative estimate of drug-likeness (QED) is 0.627. The van der Waals surface area contributed by atoms with Crippen LogP contribution in [0.4, 0.5) is 0 Å². The maximum absolute atomic E-state index is 9.74. The number of aromatic nitrogens is 2. The van der Waals surface area contributed by atoms with Gasteiger partial charge in [-0.15, -0.1) is 0 Å². The molecule has 0 radical (unpaired) electrons. The van der Waals surface area contributed by atoms with Gasteiger partial charge in [-0.3, -0.25) is 0 Å². The molecule has 0 saturated heterocycles. The molecule has 0 bridgehead atoms. The first-order valence-corrected chi connectivity index (χ1v) is 5.13. The summed E-state index contributed by atoms with van der Waals surface area (Å²) in [5, 5.41) is 9.74. The van der Waals surface area contributed by atoms with E-state index in [9.17, 15) is 5.11 Å². The fourth-order valence-corrected chi connectivity index (χ4v) is 2.16. The van der Waals surface area contributed by atoms with Crippen LogP contribution < -0.4 is 5.73 Å². The van der Waals surface area contributed by atoms with Gasteiger partial charge in [-0.05, 0) is 31.6 Å². The minimum absolute atomic E-state index is 0.397. The standard InChI is InChI=1S/C9H13N3OS/c10-4-3-6-8-5(1-2-7(8)13)11-9(14)12-6/h7,13H,1-4,10H2,(H,11,12,14). The third-order valence-electron chi connectivity index (χ3n) is 2.51. The number of aliphatic hydroxyl groups excluding tert-OH is 1. The fourth-order valence-electron chi connectivity index (χ4n) is 1.92. The lowest BCUT2D eigenvalue weighted by atomic mass is 10.1. The minimum atomic E-state index is -0.397. The first kappa shape index (κ1) is 9.76. The van der Waals surface area contributed by atoms with Crippen molar-refractivity contribution in [3.63, 3.8) is 0 Å². The molecule has 1 unspecified atom stereocenters. The molecule has 0 fully saturated rings. The molecule has 0 saturated carbocycles. The summed E-state index contributed by atoms with van der Waals surface area (Å²) in [5.41, 5.74) is 8.29. The number of aliphatic hydroxyl groups is 1. The number of nitrogens with zero attached hydrogens (tertiary/aromatic N) is 1. The van der Waals surface area contributed by atoms with Crippen LogP contribution in [0.2, 0.25) is 0 Å². The number of hydrogen-bond acceptors (Lipinski definition) is 4. The number of nitrogens with two attached hydrogens (primary N) is 1. The number of rotatable bonds is 2. The Kier molecular flexibility index (Phi) is 2.62. The summed E-state index contributed by atoms with van der Waals surface area (Å²) < 4.78 is 0.487. The van der Waals surface area contributed by atoms with E-state index in [1.807, 2.05) is 0 Å². The van der Waals surface area contributed by atoms with Crippen molar-refractivity contribution in [1.82, 2.24) is 9.97 Å². The molecule has 1 aliphatic rings. The van der Waals surface area contributed by atoms with Crippen molar-refractivity contribution in [1.29, 1.82) is 0 Å². The predicted octanol–water partition coefficient (Wildman–Crippen LogP) is 0.620. The Balaban J connectivity index is 2.53. The van der Waals surface area contributed by atoms with E-state index in [1.165, 1.54) is 0 Å². The molecule has 4 nitrogen and oxygen atoms in total. The van der Waals surface area contributed by atoms with E-state index in [0.29, 0.717) is 17.7 Å². The first-order chi connectivity index (χ1) is 6.72. The number of hydrogen-bond donors (Lipinski definition) is 3. The second kappa shape index (κ2) is 3.76. The van der Waals surface area contributed by atoms with Gasteiger partial charge in [0.25, 0.3) is 0 Å². The van der Waals surface area contributed by atoms with Crippen molar-refractivity contribution in [2.45, 2.75) is 25.4 Å². The van der Waals surface area contributed by atoms with Gasteiger partial charge in [0.15, 0.2) is 4.77 Å². The van der Waals surface area contributed by atoms with Crippen molar-refractivity contribution < 1.29 is 5.11 Å². The largest absolute Gasteiger partial charge is 0.388 e. The van der Waals surface area contributed by atoms with Crippen LogP contribution in [0, 0.1) is 4.77 Å². The number of nitrogens with one attached hydrogen (secondary N) is 1. The van der Waals surface area contributed by atoms with Crippen molar-refractivity contribution in [2.75, 3.05) is 6.54 Å². The molecule has 2 rings (SSSR count). The Bertz CT molecular complexity index is 402. The lowest BCUT2D eigenvalue weighted by Crippen LogP contribution is -2.10. The van der Waals surface area contributed by atoms with Gasteiger partial charge < -0.3 is 15.8 Å². The Labute approximate surface area is 87.2 Å². The van der Waals surface area contributed by atoms with Crippen LogP contribution in [0.5, 0.6) is 0 Å². The normalized spacial score (nSPS) is 19.7. The third kappa shape index (κ3) is 1.58. The molecule has 0 spiro atoms. The van der Waals surface area contributed by atoms with Crippen LogP contribution in [0.15, 0.2) is 0 Å². The molecule has 0 amide bonds. The van der Waals surface area contributed by atoms with E-state index in [-0.39, 0.29) is 0 Å². The molecule has 76 valence electrons. The smallest absolute Gasteiger partial charge is 0.197 e. The topological polar surface area (TPSA) is 74.9 Å². The van der Waals surface area contributed by atoms with Gasteiger partial charge >= 0.3 is 0 Å². The number of H-pyrrole nitrogens is 1. The van der Waals surface area contributed by atoms with Gasteiger partial charge in [-0.1, -0.05) is 0 Å². The van der Waals surface area contributed by atoms with Gasteiger partial charge in [-0.25, -0.2) is 4.98 Å². The summed E-state index contributed by atoms with van der Waals surface area (Å²) in [4.78, 5) is 7.22. The second-order valence-electron chi connectivity index (χ2n) is 3.47. The monoisotopic (exact) mass is 211 g/mol. The van der Waals surface area contributed by atoms with Crippen molar-refractivity contribution in [2.24, 2.45) is 5.73 Å². The SMILES string of the molecule is NCCc1nc(=S)[nH]c2c1C(O)CC2. The van der Waals surface area contributed by atoms with Gasteiger partial charge in [0.1, 0.15) is 0 Å². The summed E-state index contributed by atoms with van der Waals surface area (Å²) in [5.74, 6) is 0. The van der Waals surface area contributed by atoms with Crippen LogP contribution in [0.3, 0.4) is 0 Å². The summed E-state index contributed by atoms with van der Waals surface area (Å²) >= 11 is 5.00. The Morgan fingerprint density at radius 1 is 1.64 bits per heavy atom. The van der Waals surface area contributed by atoms with E-state index in [1.54, 1.807) is 0 Å². The highest BCUT2D eigenvalue weighted by Gasteiger charge is 2.24. The molecule has 1 aromatic rings. The van der Waals surface area contributed by atoms with Crippen LogP contribution in [-0.2, 0) is 12.8 Å². The summed E-state index contributed by atoms with van der Waals surface area (Å²) in [6.45, 7) is 0.533. The van der Waals surface area contributed by atoms with Gasteiger partial charge in [0.05, 0.1) is 11.8 Å². The third-order valence-corrected chi connectivity index (χ3v) is 2.71. The van der Waals surface area contributed by atoms with Crippen LogP contribution in [0.1, 0.15) is 29.5 Å². The van der Waals surface area contributed by atoms with E-state index in [0.717, 1.165) is 29.8 Å². The van der Waals surface area contributed by atoms with Gasteiger partial charge in [0, 0.05) is 17.7 Å². The maximum atomic E-state index is 9.74. The molecule has 1 aromatic heterocycles. The van der Waals surface area contributed by atoms with E-state index >= 15 is 0 Å². The van der Waals surface area contributed by atoms with Crippen LogP contribution in [-0.4, -0.2) is 21.6 Å². The summed E-state index contributed by atoms with van der Waals surface area (Å²) in [7, 11) is 0. The molecule has 4 N–H and O–H groups in total. The molecular formula is C9H13N3OS. The molecule has 1 atom stereocenters. The van der Waals surface area contributed by atoms with Crippen molar-refractivity contribution >= 4 is 12.2 Å². The van der Waals surface area contributed by atoms with Gasteiger partial charge in [-0.2, -0.15) is 0 Å². The molecule has 5 heteroatoms. The zero-order valence-electron chi connectivity index (χ0n) is 7.79. The predicted molar refractivity (Wildman–Crippen MR) is 55.5 cm³/mol. The van der Waals surface area contributed by atoms with Crippen LogP contribution >= 0.6 is 12.2 Å². The highest BCUT2D eigenvalue weighted by Crippen LogP contribution is 2.31. The molecule has 0 aromatic carbocycles. The minimum Gasteiger partial charge on any atom is -0.388 e. The zero-order valence-corrected chi connectivity index (χ0v) is 8.60. The lowest BCUT2D eigenvalue weighted by molar-refractivity contribution is 0.178. The molecule has 0 aliphatic heterocycles. The average Bonchev–Trinajstić information content (AvgIpc) is 2.48. The van der Waals surface area contributed by atoms with E-state index < -0.39 is 6.10 Å². The number of aryl methyl sites for hydroxylation is 1. The van der Waals surface area contributed by atoms with Crippen LogP contribution in [0.25, 0.3) is 0 Å². The Morgan fingerprint density at radius 3 is 3.14 bits per heavy atom. The Morgan fingerprint density at radius 2 is 2.43 bits per heavy atom. The van der Waals surface area contributed by atoms with Crippen molar-refractivity contribution in [3.8, 4) is 0 Å².